The fourth-order valence-corrected chi connectivity index (χ4v) is 0.615. The number of aliphatic imine (C=N–C) groups is 1. The largest absolute Gasteiger partial charge is 0.262 e. The van der Waals surface area contributed by atoms with Crippen molar-refractivity contribution in [2.75, 3.05) is 0 Å². The Bertz CT molecular complexity index is 229. The van der Waals surface area contributed by atoms with Gasteiger partial charge in [-0.2, -0.15) is 5.10 Å². The molecule has 0 atom stereocenters. The Hall–Kier alpha value is -1.51. The first-order valence-electron chi connectivity index (χ1n) is 3.79. The monoisotopic (exact) mass is 163 g/mol. The molecule has 0 saturated carbocycles. The van der Waals surface area contributed by atoms with Crippen LogP contribution in [0.15, 0.2) is 23.8 Å². The third kappa shape index (κ3) is 2.62. The number of rotatable bonds is 2. The molecule has 0 fully saturated rings. The van der Waals surface area contributed by atoms with Crippen LogP contribution in [-0.2, 0) is 0 Å². The molecule has 3 heteroatoms. The van der Waals surface area contributed by atoms with Crippen molar-refractivity contribution in [2.45, 2.75) is 13.8 Å². The summed E-state index contributed by atoms with van der Waals surface area (Å²) >= 11 is 0. The fourth-order valence-electron chi connectivity index (χ4n) is 0.615. The summed E-state index contributed by atoms with van der Waals surface area (Å²) in [5, 5.41) is 7.42. The highest BCUT2D eigenvalue weighted by atomic mass is 15.1. The molecule has 0 radical (unpaired) electrons. The summed E-state index contributed by atoms with van der Waals surface area (Å²) < 4.78 is 0. The van der Waals surface area contributed by atoms with Gasteiger partial charge in [-0.05, 0) is 18.9 Å². The van der Waals surface area contributed by atoms with Gasteiger partial charge in [-0.25, -0.2) is 0 Å². The molecule has 0 bridgehead atoms. The van der Waals surface area contributed by atoms with Crippen LogP contribution in [0.5, 0.6) is 0 Å². The Balaban J connectivity index is 0.000000561. The molecule has 0 aliphatic heterocycles. The molecule has 1 rings (SSSR count). The normalized spacial score (nSPS) is 7.83. The molecule has 0 saturated heterocycles. The van der Waals surface area contributed by atoms with Crippen LogP contribution < -0.4 is 0 Å². The molecule has 1 aromatic heterocycles. The molecule has 0 aromatic carbocycles. The topological polar surface area (TPSA) is 38.1 Å². The summed E-state index contributed by atoms with van der Waals surface area (Å²) in [6.45, 7) is 10.9. The fraction of sp³-hybridized carbons (Fsp3) is 0.222. The minimum atomic E-state index is 0.664. The highest BCUT2D eigenvalue weighted by molar-refractivity contribution is 5.60. The second-order valence-corrected chi connectivity index (χ2v) is 1.66. The molecule has 0 N–H and O–H groups in total. The van der Waals surface area contributed by atoms with Crippen LogP contribution in [0.25, 0.3) is 6.08 Å². The number of nitrogens with zero attached hydrogens (tertiary/aromatic N) is 3. The predicted molar refractivity (Wildman–Crippen MR) is 52.7 cm³/mol. The minimum Gasteiger partial charge on any atom is -0.262 e. The first-order valence-corrected chi connectivity index (χ1v) is 3.79. The first-order chi connectivity index (χ1) is 5.88. The summed E-state index contributed by atoms with van der Waals surface area (Å²) in [6.07, 6.45) is 3.16. The summed E-state index contributed by atoms with van der Waals surface area (Å²) in [4.78, 5) is 3.72. The van der Waals surface area contributed by atoms with Crippen LogP contribution >= 0.6 is 0 Å². The van der Waals surface area contributed by atoms with Crippen LogP contribution in [0.1, 0.15) is 19.5 Å². The van der Waals surface area contributed by atoms with E-state index in [2.05, 4.69) is 28.5 Å². The van der Waals surface area contributed by atoms with Gasteiger partial charge in [0.1, 0.15) is 5.69 Å². The van der Waals surface area contributed by atoms with Gasteiger partial charge in [0.25, 0.3) is 0 Å². The van der Waals surface area contributed by atoms with E-state index in [0.717, 1.165) is 0 Å². The maximum absolute atomic E-state index is 3.77. The standard InChI is InChI=1S/C7H7N3.C2H6/c1-3-6-7(8-2)4-5-9-10-6;1-2/h3-5H,1-2H2;1-2H3. The third-order valence-corrected chi connectivity index (χ3v) is 1.09. The zero-order valence-corrected chi connectivity index (χ0v) is 7.49. The van der Waals surface area contributed by atoms with E-state index in [4.69, 9.17) is 0 Å². The molecule has 64 valence electrons. The second kappa shape index (κ2) is 6.22. The SMILES string of the molecule is C=Cc1nnccc1N=C.CC. The Morgan fingerprint density at radius 3 is 2.58 bits per heavy atom. The highest BCUT2D eigenvalue weighted by Gasteiger charge is 1.94. The number of aromatic nitrogens is 2. The smallest absolute Gasteiger partial charge is 0.111 e. The molecule has 0 aliphatic rings. The summed E-state index contributed by atoms with van der Waals surface area (Å²) in [6, 6.07) is 1.73. The molecule has 1 aromatic rings. The first kappa shape index (κ1) is 10.5. The molecule has 0 spiro atoms. The quantitative estimate of drug-likeness (QED) is 0.628. The zero-order valence-electron chi connectivity index (χ0n) is 7.49. The number of hydrogen-bond donors (Lipinski definition) is 0. The molecule has 1 heterocycles. The minimum absolute atomic E-state index is 0.664. The molecule has 0 unspecified atom stereocenters. The van der Waals surface area contributed by atoms with E-state index in [-0.39, 0.29) is 0 Å². The van der Waals surface area contributed by atoms with E-state index in [1.807, 2.05) is 13.8 Å². The lowest BCUT2D eigenvalue weighted by Gasteiger charge is -1.93. The predicted octanol–water partition coefficient (Wildman–Crippen LogP) is 2.48. The average molecular weight is 163 g/mol. The molecule has 0 amide bonds. The van der Waals surface area contributed by atoms with E-state index in [9.17, 15) is 0 Å². The van der Waals surface area contributed by atoms with Gasteiger partial charge in [0, 0.05) is 0 Å². The lowest BCUT2D eigenvalue weighted by atomic mass is 10.3. The molecule has 3 nitrogen and oxygen atoms in total. The van der Waals surface area contributed by atoms with Crippen LogP contribution in [0.3, 0.4) is 0 Å². The van der Waals surface area contributed by atoms with Crippen molar-refractivity contribution in [3.8, 4) is 0 Å². The third-order valence-electron chi connectivity index (χ3n) is 1.09. The Morgan fingerprint density at radius 2 is 2.17 bits per heavy atom. The maximum Gasteiger partial charge on any atom is 0.111 e. The van der Waals surface area contributed by atoms with Gasteiger partial charge in [-0.3, -0.25) is 4.99 Å². The van der Waals surface area contributed by atoms with Crippen LogP contribution in [0, 0.1) is 0 Å². The van der Waals surface area contributed by atoms with Crippen molar-refractivity contribution in [3.63, 3.8) is 0 Å². The van der Waals surface area contributed by atoms with Gasteiger partial charge in [0.15, 0.2) is 0 Å². The van der Waals surface area contributed by atoms with Gasteiger partial charge in [-0.15, -0.1) is 5.10 Å². The molecule has 0 aliphatic carbocycles. The van der Waals surface area contributed by atoms with E-state index in [1.165, 1.54) is 0 Å². The van der Waals surface area contributed by atoms with Gasteiger partial charge >= 0.3 is 0 Å². The summed E-state index contributed by atoms with van der Waals surface area (Å²) in [5.74, 6) is 0. The average Bonchev–Trinajstić information content (AvgIpc) is 2.20. The van der Waals surface area contributed by atoms with Gasteiger partial charge in [0.2, 0.25) is 0 Å². The van der Waals surface area contributed by atoms with Crippen molar-refractivity contribution >= 4 is 18.5 Å². The van der Waals surface area contributed by atoms with Crippen molar-refractivity contribution in [3.05, 3.63) is 24.5 Å². The van der Waals surface area contributed by atoms with Crippen molar-refractivity contribution < 1.29 is 0 Å². The molecular formula is C9H13N3. The van der Waals surface area contributed by atoms with E-state index >= 15 is 0 Å². The lowest BCUT2D eigenvalue weighted by Crippen LogP contribution is -1.83. The Labute approximate surface area is 72.9 Å². The van der Waals surface area contributed by atoms with Crippen molar-refractivity contribution in [1.82, 2.24) is 10.2 Å². The molecular weight excluding hydrogens is 150 g/mol. The molecule has 12 heavy (non-hydrogen) atoms. The zero-order chi connectivity index (χ0) is 9.40. The Kier molecular flexibility index (Phi) is 5.43. The second-order valence-electron chi connectivity index (χ2n) is 1.66. The van der Waals surface area contributed by atoms with Gasteiger partial charge in [0.05, 0.1) is 11.9 Å². The highest BCUT2D eigenvalue weighted by Crippen LogP contribution is 2.13. The van der Waals surface area contributed by atoms with Crippen LogP contribution in [-0.4, -0.2) is 16.9 Å². The van der Waals surface area contributed by atoms with E-state index in [0.29, 0.717) is 11.4 Å². The number of hydrogen-bond acceptors (Lipinski definition) is 3. The van der Waals surface area contributed by atoms with Crippen molar-refractivity contribution in [2.24, 2.45) is 4.99 Å². The van der Waals surface area contributed by atoms with Gasteiger partial charge < -0.3 is 0 Å². The lowest BCUT2D eigenvalue weighted by molar-refractivity contribution is 1.02. The van der Waals surface area contributed by atoms with Crippen LogP contribution in [0.4, 0.5) is 5.69 Å². The maximum atomic E-state index is 3.77. The Morgan fingerprint density at radius 1 is 1.50 bits per heavy atom. The van der Waals surface area contributed by atoms with E-state index in [1.54, 1.807) is 18.3 Å². The van der Waals surface area contributed by atoms with Gasteiger partial charge in [-0.1, -0.05) is 20.4 Å². The van der Waals surface area contributed by atoms with E-state index < -0.39 is 0 Å². The summed E-state index contributed by atoms with van der Waals surface area (Å²) in [5.41, 5.74) is 1.38. The van der Waals surface area contributed by atoms with Crippen molar-refractivity contribution in [1.29, 1.82) is 0 Å². The summed E-state index contributed by atoms with van der Waals surface area (Å²) in [7, 11) is 0. The van der Waals surface area contributed by atoms with Crippen LogP contribution in [0.2, 0.25) is 0 Å².